The molecule has 12 rings (SSSR count). The first-order valence-electron chi connectivity index (χ1n) is 16.6. The van der Waals surface area contributed by atoms with Crippen LogP contribution in [0.3, 0.4) is 0 Å². The zero-order valence-corrected chi connectivity index (χ0v) is 26.1. The van der Waals surface area contributed by atoms with Crippen LogP contribution in [-0.2, 0) is 0 Å². The lowest BCUT2D eigenvalue weighted by Crippen LogP contribution is -2.02. The number of hydrogen-bond donors (Lipinski definition) is 0. The fraction of sp³-hybridized carbons (Fsp3) is 0. The first kappa shape index (κ1) is 25.4. The quantitative estimate of drug-likeness (QED) is 0.183. The highest BCUT2D eigenvalue weighted by Crippen LogP contribution is 2.48. The number of rotatable bonds is 1. The molecule has 0 fully saturated rings. The van der Waals surface area contributed by atoms with Crippen molar-refractivity contribution < 1.29 is 4.42 Å². The van der Waals surface area contributed by atoms with Crippen molar-refractivity contribution in [2.75, 3.05) is 0 Å². The minimum Gasteiger partial charge on any atom is -0.456 e. The van der Waals surface area contributed by atoms with Gasteiger partial charge in [0.1, 0.15) is 16.9 Å². The maximum absolute atomic E-state index is 6.43. The van der Waals surface area contributed by atoms with E-state index >= 15 is 0 Å². The molecule has 0 bridgehead atoms. The molecule has 4 aromatic heterocycles. The summed E-state index contributed by atoms with van der Waals surface area (Å²) in [6.07, 6.45) is 0. The zero-order chi connectivity index (χ0) is 31.8. The third-order valence-electron chi connectivity index (χ3n) is 10.4. The Balaban J connectivity index is 1.26. The van der Waals surface area contributed by atoms with Gasteiger partial charge in [0.25, 0.3) is 0 Å². The van der Waals surface area contributed by atoms with Gasteiger partial charge >= 0.3 is 0 Å². The van der Waals surface area contributed by atoms with Crippen LogP contribution in [0.2, 0.25) is 0 Å². The lowest BCUT2D eigenvalue weighted by atomic mass is 9.95. The largest absolute Gasteiger partial charge is 0.456 e. The first-order chi connectivity index (χ1) is 24.3. The van der Waals surface area contributed by atoms with Gasteiger partial charge < -0.3 is 8.98 Å². The van der Waals surface area contributed by atoms with Gasteiger partial charge in [0.2, 0.25) is 0 Å². The topological polar surface area (TPSA) is 48.8 Å². The van der Waals surface area contributed by atoms with Gasteiger partial charge in [0.05, 0.1) is 33.1 Å². The number of para-hydroxylation sites is 5. The molecule has 0 aliphatic carbocycles. The smallest absolute Gasteiger partial charge is 0.165 e. The average molecular weight is 625 g/mol. The molecular formula is C44H24N4O. The molecule has 0 radical (unpaired) electrons. The highest BCUT2D eigenvalue weighted by atomic mass is 16.3. The Morgan fingerprint density at radius 3 is 1.90 bits per heavy atom. The molecule has 0 atom stereocenters. The van der Waals surface area contributed by atoms with Gasteiger partial charge in [0.15, 0.2) is 5.82 Å². The van der Waals surface area contributed by atoms with E-state index in [0.29, 0.717) is 0 Å². The number of aromatic nitrogens is 4. The Kier molecular flexibility index (Phi) is 4.66. The van der Waals surface area contributed by atoms with Crippen LogP contribution in [0.25, 0.3) is 110 Å². The number of fused-ring (bicyclic) bond motifs is 15. The predicted octanol–water partition coefficient (Wildman–Crippen LogP) is 11.4. The summed E-state index contributed by atoms with van der Waals surface area (Å²) < 4.78 is 11.2. The van der Waals surface area contributed by atoms with E-state index in [9.17, 15) is 0 Å². The first-order valence-corrected chi connectivity index (χ1v) is 16.6. The number of furan rings is 1. The Morgan fingerprint density at radius 1 is 0.408 bits per heavy atom. The van der Waals surface area contributed by atoms with E-state index in [0.717, 1.165) is 88.9 Å². The lowest BCUT2D eigenvalue weighted by Gasteiger charge is -2.13. The molecule has 0 amide bonds. The summed E-state index contributed by atoms with van der Waals surface area (Å²) in [5, 5.41) is 7.05. The molecule has 1 aliphatic rings. The summed E-state index contributed by atoms with van der Waals surface area (Å²) in [6.45, 7) is 0. The van der Waals surface area contributed by atoms with E-state index in [4.69, 9.17) is 14.4 Å². The van der Waals surface area contributed by atoms with Crippen LogP contribution in [0.15, 0.2) is 150 Å². The summed E-state index contributed by atoms with van der Waals surface area (Å²) >= 11 is 0. The maximum atomic E-state index is 6.43. The second-order valence-corrected chi connectivity index (χ2v) is 13.0. The fourth-order valence-corrected chi connectivity index (χ4v) is 8.35. The third kappa shape index (κ3) is 3.24. The molecule has 49 heavy (non-hydrogen) atoms. The minimum atomic E-state index is 0.855. The van der Waals surface area contributed by atoms with E-state index in [-0.39, 0.29) is 0 Å². The zero-order valence-electron chi connectivity index (χ0n) is 26.1. The molecular weight excluding hydrogens is 601 g/mol. The Labute approximate surface area is 278 Å². The second-order valence-electron chi connectivity index (χ2n) is 13.0. The van der Waals surface area contributed by atoms with Gasteiger partial charge in [-0.25, -0.2) is 9.97 Å². The highest BCUT2D eigenvalue weighted by Gasteiger charge is 2.28. The normalized spacial score (nSPS) is 12.5. The lowest BCUT2D eigenvalue weighted by molar-refractivity contribution is 0.669. The molecule has 0 unspecified atom stereocenters. The molecule has 0 saturated carbocycles. The van der Waals surface area contributed by atoms with Crippen LogP contribution >= 0.6 is 0 Å². The monoisotopic (exact) mass is 624 g/mol. The highest BCUT2D eigenvalue weighted by molar-refractivity contribution is 6.19. The third-order valence-corrected chi connectivity index (χ3v) is 10.4. The summed E-state index contributed by atoms with van der Waals surface area (Å²) in [6, 6.07) is 51.7. The van der Waals surface area contributed by atoms with E-state index in [1.54, 1.807) is 0 Å². The molecule has 5 heteroatoms. The van der Waals surface area contributed by atoms with E-state index in [1.165, 1.54) is 21.5 Å². The summed E-state index contributed by atoms with van der Waals surface area (Å²) in [4.78, 5) is 10.6. The van der Waals surface area contributed by atoms with Crippen LogP contribution in [0, 0.1) is 0 Å². The average Bonchev–Trinajstić information content (AvgIpc) is 3.77. The molecule has 5 heterocycles. The number of nitrogens with zero attached hydrogens (tertiary/aromatic N) is 4. The molecule has 11 aromatic rings. The summed E-state index contributed by atoms with van der Waals surface area (Å²) in [5.74, 6) is 0.855. The van der Waals surface area contributed by atoms with Crippen molar-refractivity contribution in [1.29, 1.82) is 0 Å². The standard InChI is InChI=1S/C44H24N4O/c1-2-15-30-26(11-1)33-21-25(47-37-18-8-3-12-27(37)31-23-32-29-14-5-10-20-40(29)49-41(32)24-39(31)47)22-34-28-13-4-9-19-38(28)48(43(33)34)44-42(30)45-35-16-6-7-17-36(35)46-44/h1-24H. The summed E-state index contributed by atoms with van der Waals surface area (Å²) in [7, 11) is 0. The minimum absolute atomic E-state index is 0.855. The second kappa shape index (κ2) is 9.00. The van der Waals surface area contributed by atoms with E-state index in [2.05, 4.69) is 118 Å². The van der Waals surface area contributed by atoms with Crippen molar-refractivity contribution in [2.24, 2.45) is 0 Å². The molecule has 0 saturated heterocycles. The van der Waals surface area contributed by atoms with Crippen molar-refractivity contribution in [3.8, 4) is 33.9 Å². The van der Waals surface area contributed by atoms with Crippen molar-refractivity contribution in [3.05, 3.63) is 146 Å². The van der Waals surface area contributed by atoms with Gasteiger partial charge in [-0.05, 0) is 54.1 Å². The Hall–Kier alpha value is -6.72. The van der Waals surface area contributed by atoms with Crippen molar-refractivity contribution >= 4 is 76.6 Å². The predicted molar refractivity (Wildman–Crippen MR) is 200 cm³/mol. The van der Waals surface area contributed by atoms with Crippen LogP contribution in [-0.4, -0.2) is 19.1 Å². The molecule has 0 N–H and O–H groups in total. The van der Waals surface area contributed by atoms with E-state index < -0.39 is 0 Å². The Morgan fingerprint density at radius 2 is 1.06 bits per heavy atom. The number of hydrogen-bond acceptors (Lipinski definition) is 3. The van der Waals surface area contributed by atoms with Gasteiger partial charge in [0, 0.05) is 55.2 Å². The van der Waals surface area contributed by atoms with Crippen LogP contribution in [0.1, 0.15) is 0 Å². The van der Waals surface area contributed by atoms with Crippen molar-refractivity contribution in [3.63, 3.8) is 0 Å². The van der Waals surface area contributed by atoms with Gasteiger partial charge in [-0.2, -0.15) is 0 Å². The fourth-order valence-electron chi connectivity index (χ4n) is 8.35. The van der Waals surface area contributed by atoms with Gasteiger partial charge in [-0.1, -0.05) is 91.0 Å². The molecule has 0 spiro atoms. The Bertz CT molecular complexity index is 3230. The van der Waals surface area contributed by atoms with Crippen LogP contribution < -0.4 is 0 Å². The van der Waals surface area contributed by atoms with Crippen molar-refractivity contribution in [2.45, 2.75) is 0 Å². The molecule has 1 aliphatic heterocycles. The molecule has 226 valence electrons. The van der Waals surface area contributed by atoms with Gasteiger partial charge in [-0.3, -0.25) is 4.57 Å². The van der Waals surface area contributed by atoms with Crippen LogP contribution in [0.5, 0.6) is 0 Å². The van der Waals surface area contributed by atoms with E-state index in [1.807, 2.05) is 36.4 Å². The maximum Gasteiger partial charge on any atom is 0.165 e. The number of benzene rings is 7. The van der Waals surface area contributed by atoms with Crippen LogP contribution in [0.4, 0.5) is 0 Å². The van der Waals surface area contributed by atoms with Gasteiger partial charge in [-0.15, -0.1) is 0 Å². The molecule has 7 aromatic carbocycles. The van der Waals surface area contributed by atoms with Crippen molar-refractivity contribution in [1.82, 2.24) is 19.1 Å². The SMILES string of the molecule is c1ccc2c(c1)-c1nc3ccccc3nc1-n1c3ccccc3c3cc(-n4c5ccccc5c5cc6c(cc54)oc4ccccc46)cc-2c31. The molecule has 5 nitrogen and oxygen atoms in total. The summed E-state index contributed by atoms with van der Waals surface area (Å²) in [5.41, 5.74) is 13.4.